The van der Waals surface area contributed by atoms with Crippen molar-refractivity contribution in [1.29, 1.82) is 0 Å². The van der Waals surface area contributed by atoms with Crippen LogP contribution in [-0.2, 0) is 11.2 Å². The summed E-state index contributed by atoms with van der Waals surface area (Å²) in [6, 6.07) is 5.80. The fourth-order valence-corrected chi connectivity index (χ4v) is 5.14. The van der Waals surface area contributed by atoms with E-state index in [-0.39, 0.29) is 23.1 Å². The summed E-state index contributed by atoms with van der Waals surface area (Å²) >= 11 is 0. The second-order valence-electron chi connectivity index (χ2n) is 9.91. The van der Waals surface area contributed by atoms with Crippen LogP contribution in [0.3, 0.4) is 0 Å². The van der Waals surface area contributed by atoms with Crippen LogP contribution in [0.1, 0.15) is 64.0 Å². The van der Waals surface area contributed by atoms with E-state index in [1.807, 2.05) is 25.1 Å². The normalized spacial score (nSPS) is 18.8. The Kier molecular flexibility index (Phi) is 7.00. The van der Waals surface area contributed by atoms with Gasteiger partial charge >= 0.3 is 0 Å². The van der Waals surface area contributed by atoms with Gasteiger partial charge in [0, 0.05) is 37.3 Å². The van der Waals surface area contributed by atoms with E-state index in [0.717, 1.165) is 36.3 Å². The SMILES string of the molecule is COc1ccc([C@H](CNC(=O)c2[nH]c3c(c2C)C(=O)CC(C)(C)C3)N2CCOCC2)cc1OC. The zero-order chi connectivity index (χ0) is 24.5. The fourth-order valence-electron chi connectivity index (χ4n) is 5.14. The largest absolute Gasteiger partial charge is 0.493 e. The monoisotopic (exact) mass is 469 g/mol. The van der Waals surface area contributed by atoms with Crippen molar-refractivity contribution in [3.63, 3.8) is 0 Å². The van der Waals surface area contributed by atoms with Gasteiger partial charge in [-0.05, 0) is 42.0 Å². The third-order valence-electron chi connectivity index (χ3n) is 6.86. The number of nitrogens with one attached hydrogen (secondary N) is 2. The van der Waals surface area contributed by atoms with Crippen molar-refractivity contribution < 1.29 is 23.8 Å². The minimum atomic E-state index is -0.198. The molecule has 184 valence electrons. The van der Waals surface area contributed by atoms with Crippen LogP contribution in [0.5, 0.6) is 11.5 Å². The number of Topliss-reactive ketones (excluding diaryl/α,β-unsaturated/α-hetero) is 1. The number of aromatic amines is 1. The number of H-pyrrole nitrogens is 1. The second kappa shape index (κ2) is 9.80. The summed E-state index contributed by atoms with van der Waals surface area (Å²) in [5.41, 5.74) is 3.69. The molecule has 1 aliphatic carbocycles. The van der Waals surface area contributed by atoms with E-state index in [2.05, 4.69) is 29.0 Å². The van der Waals surface area contributed by atoms with Crippen molar-refractivity contribution in [3.05, 3.63) is 46.3 Å². The summed E-state index contributed by atoms with van der Waals surface area (Å²) < 4.78 is 16.4. The van der Waals surface area contributed by atoms with Gasteiger partial charge in [0.25, 0.3) is 5.91 Å². The molecule has 1 aromatic heterocycles. The minimum absolute atomic E-state index is 0.0573. The number of hydrogen-bond acceptors (Lipinski definition) is 6. The number of morpholine rings is 1. The molecule has 1 fully saturated rings. The van der Waals surface area contributed by atoms with Crippen molar-refractivity contribution >= 4 is 11.7 Å². The van der Waals surface area contributed by atoms with E-state index in [4.69, 9.17) is 14.2 Å². The average Bonchev–Trinajstić information content (AvgIpc) is 3.14. The van der Waals surface area contributed by atoms with Crippen LogP contribution in [0.15, 0.2) is 18.2 Å². The number of carbonyl (C=O) groups is 2. The van der Waals surface area contributed by atoms with Gasteiger partial charge in [-0.3, -0.25) is 14.5 Å². The fraction of sp³-hybridized carbons (Fsp3) is 0.538. The van der Waals surface area contributed by atoms with Crippen molar-refractivity contribution in [2.45, 2.75) is 39.7 Å². The first-order valence-corrected chi connectivity index (χ1v) is 11.8. The number of aromatic nitrogens is 1. The number of carbonyl (C=O) groups excluding carboxylic acids is 2. The molecule has 2 aliphatic rings. The van der Waals surface area contributed by atoms with Gasteiger partial charge in [0.2, 0.25) is 0 Å². The van der Waals surface area contributed by atoms with Crippen LogP contribution >= 0.6 is 0 Å². The molecule has 2 aromatic rings. The van der Waals surface area contributed by atoms with E-state index < -0.39 is 0 Å². The van der Waals surface area contributed by atoms with Crippen LogP contribution in [0.25, 0.3) is 0 Å². The number of ether oxygens (including phenoxy) is 3. The molecule has 1 aromatic carbocycles. The minimum Gasteiger partial charge on any atom is -0.493 e. The van der Waals surface area contributed by atoms with Gasteiger partial charge in [-0.15, -0.1) is 0 Å². The standard InChI is InChI=1S/C26H35N3O5/c1-16-23-18(13-26(2,3)14-20(23)30)28-24(16)25(31)27-15-19(29-8-10-34-11-9-29)17-6-7-21(32-4)22(12-17)33-5/h6-7,12,19,28H,8-11,13-15H2,1-5H3,(H,27,31)/t19-/m0/s1. The zero-order valence-corrected chi connectivity index (χ0v) is 20.7. The van der Waals surface area contributed by atoms with Crippen LogP contribution in [0.4, 0.5) is 0 Å². The third kappa shape index (κ3) is 4.83. The number of hydrogen-bond donors (Lipinski definition) is 2. The lowest BCUT2D eigenvalue weighted by Crippen LogP contribution is -2.44. The summed E-state index contributed by atoms with van der Waals surface area (Å²) in [6.07, 6.45) is 1.25. The van der Waals surface area contributed by atoms with Crippen molar-refractivity contribution in [3.8, 4) is 11.5 Å². The second-order valence-corrected chi connectivity index (χ2v) is 9.91. The third-order valence-corrected chi connectivity index (χ3v) is 6.86. The molecule has 0 bridgehead atoms. The maximum absolute atomic E-state index is 13.3. The van der Waals surface area contributed by atoms with Crippen molar-refractivity contribution in [2.24, 2.45) is 5.41 Å². The Morgan fingerprint density at radius 1 is 1.18 bits per heavy atom. The lowest BCUT2D eigenvalue weighted by Gasteiger charge is -2.35. The summed E-state index contributed by atoms with van der Waals surface area (Å²) in [6.45, 7) is 9.28. The predicted molar refractivity (Wildman–Crippen MR) is 129 cm³/mol. The molecule has 2 N–H and O–H groups in total. The maximum atomic E-state index is 13.3. The number of rotatable bonds is 7. The molecule has 1 saturated heterocycles. The van der Waals surface area contributed by atoms with Crippen LogP contribution in [0, 0.1) is 12.3 Å². The summed E-state index contributed by atoms with van der Waals surface area (Å²) in [5, 5.41) is 3.11. The first-order chi connectivity index (χ1) is 16.2. The molecular formula is C26H35N3O5. The molecule has 0 unspecified atom stereocenters. The van der Waals surface area contributed by atoms with E-state index >= 15 is 0 Å². The molecule has 8 nitrogen and oxygen atoms in total. The van der Waals surface area contributed by atoms with Crippen LogP contribution < -0.4 is 14.8 Å². The number of amides is 1. The summed E-state index contributed by atoms with van der Waals surface area (Å²) in [7, 11) is 3.23. The van der Waals surface area contributed by atoms with Gasteiger partial charge in [0.05, 0.1) is 33.5 Å². The molecule has 8 heteroatoms. The first kappa shape index (κ1) is 24.3. The van der Waals surface area contributed by atoms with Gasteiger partial charge in [-0.25, -0.2) is 0 Å². The highest BCUT2D eigenvalue weighted by atomic mass is 16.5. The van der Waals surface area contributed by atoms with E-state index in [0.29, 0.717) is 48.9 Å². The van der Waals surface area contributed by atoms with E-state index in [1.54, 1.807) is 14.2 Å². The topological polar surface area (TPSA) is 92.9 Å². The van der Waals surface area contributed by atoms with Gasteiger partial charge in [0.15, 0.2) is 17.3 Å². The molecule has 0 radical (unpaired) electrons. The summed E-state index contributed by atoms with van der Waals surface area (Å²) in [4.78, 5) is 31.6. The lowest BCUT2D eigenvalue weighted by molar-refractivity contribution is 0.0161. The molecule has 1 aliphatic heterocycles. The molecular weight excluding hydrogens is 434 g/mol. The van der Waals surface area contributed by atoms with Gasteiger partial charge in [0.1, 0.15) is 5.69 Å². The zero-order valence-electron chi connectivity index (χ0n) is 20.7. The molecule has 0 saturated carbocycles. The first-order valence-electron chi connectivity index (χ1n) is 11.8. The van der Waals surface area contributed by atoms with Gasteiger partial charge in [-0.2, -0.15) is 0 Å². The highest BCUT2D eigenvalue weighted by molar-refractivity contribution is 6.04. The Labute approximate surface area is 200 Å². The molecule has 1 atom stereocenters. The number of nitrogens with zero attached hydrogens (tertiary/aromatic N) is 1. The molecule has 4 rings (SSSR count). The Balaban J connectivity index is 1.57. The molecule has 2 heterocycles. The van der Waals surface area contributed by atoms with Gasteiger partial charge < -0.3 is 24.5 Å². The highest BCUT2D eigenvalue weighted by Crippen LogP contribution is 2.37. The smallest absolute Gasteiger partial charge is 0.268 e. The van der Waals surface area contributed by atoms with E-state index in [9.17, 15) is 9.59 Å². The number of fused-ring (bicyclic) bond motifs is 1. The van der Waals surface area contributed by atoms with Crippen molar-refractivity contribution in [2.75, 3.05) is 47.1 Å². The number of benzene rings is 1. The Morgan fingerprint density at radius 2 is 1.88 bits per heavy atom. The quantitative estimate of drug-likeness (QED) is 0.646. The Bertz CT molecular complexity index is 1070. The highest BCUT2D eigenvalue weighted by Gasteiger charge is 2.35. The lowest BCUT2D eigenvalue weighted by atomic mass is 9.75. The van der Waals surface area contributed by atoms with Crippen LogP contribution in [-0.4, -0.2) is 68.6 Å². The summed E-state index contributed by atoms with van der Waals surface area (Å²) in [5.74, 6) is 1.22. The number of methoxy groups -OCH3 is 2. The average molecular weight is 470 g/mol. The van der Waals surface area contributed by atoms with Crippen LogP contribution in [0.2, 0.25) is 0 Å². The van der Waals surface area contributed by atoms with E-state index in [1.165, 1.54) is 0 Å². The Morgan fingerprint density at radius 3 is 2.56 bits per heavy atom. The molecule has 34 heavy (non-hydrogen) atoms. The van der Waals surface area contributed by atoms with Gasteiger partial charge in [-0.1, -0.05) is 19.9 Å². The molecule has 0 spiro atoms. The predicted octanol–water partition coefficient (Wildman–Crippen LogP) is 3.30. The van der Waals surface area contributed by atoms with Crippen molar-refractivity contribution in [1.82, 2.24) is 15.2 Å². The Hall–Kier alpha value is -2.84. The molecule has 1 amide bonds. The maximum Gasteiger partial charge on any atom is 0.268 e. The number of ketones is 1.